The standard InChI is InChI=1S/C18H20ClN3O3S/c19-15-3-1-13(2-4-15)5-7-21-18(23)14-9-17(11-20-10-14)22-16-6-8-26(24,25)12-16/h1-4,9-11,16,22H,5-8,12H2,(H,21,23). The van der Waals surface area contributed by atoms with E-state index >= 15 is 0 Å². The Morgan fingerprint density at radius 2 is 2.00 bits per heavy atom. The van der Waals surface area contributed by atoms with Crippen LogP contribution in [0, 0.1) is 0 Å². The first-order chi connectivity index (χ1) is 12.4. The first-order valence-corrected chi connectivity index (χ1v) is 10.6. The molecule has 0 radical (unpaired) electrons. The zero-order chi connectivity index (χ0) is 18.6. The lowest BCUT2D eigenvalue weighted by atomic mass is 10.1. The van der Waals surface area contributed by atoms with Crippen LogP contribution in [0.2, 0.25) is 5.02 Å². The second kappa shape index (κ2) is 8.05. The smallest absolute Gasteiger partial charge is 0.252 e. The number of carbonyl (C=O) groups is 1. The van der Waals surface area contributed by atoms with Crippen molar-refractivity contribution in [2.75, 3.05) is 23.4 Å². The highest BCUT2D eigenvalue weighted by Crippen LogP contribution is 2.17. The van der Waals surface area contributed by atoms with Crippen LogP contribution in [0.4, 0.5) is 5.69 Å². The van der Waals surface area contributed by atoms with Gasteiger partial charge in [-0.3, -0.25) is 9.78 Å². The fourth-order valence-electron chi connectivity index (χ4n) is 2.86. The molecule has 26 heavy (non-hydrogen) atoms. The van der Waals surface area contributed by atoms with Gasteiger partial charge in [0.25, 0.3) is 5.91 Å². The SMILES string of the molecule is O=C(NCCc1ccc(Cl)cc1)c1cncc(NC2CCS(=O)(=O)C2)c1. The summed E-state index contributed by atoms with van der Waals surface area (Å²) >= 11 is 5.85. The number of hydrogen-bond donors (Lipinski definition) is 2. The van der Waals surface area contributed by atoms with Gasteiger partial charge >= 0.3 is 0 Å². The summed E-state index contributed by atoms with van der Waals surface area (Å²) in [6.07, 6.45) is 4.36. The average molecular weight is 394 g/mol. The molecule has 1 aliphatic heterocycles. The molecule has 1 amide bonds. The molecule has 1 aromatic heterocycles. The summed E-state index contributed by atoms with van der Waals surface area (Å²) in [4.78, 5) is 16.4. The molecule has 1 atom stereocenters. The van der Waals surface area contributed by atoms with Crippen molar-refractivity contribution in [1.82, 2.24) is 10.3 Å². The Bertz CT molecular complexity index is 885. The van der Waals surface area contributed by atoms with Gasteiger partial charge in [-0.2, -0.15) is 0 Å². The van der Waals surface area contributed by atoms with Gasteiger partial charge in [-0.1, -0.05) is 23.7 Å². The molecule has 2 N–H and O–H groups in total. The zero-order valence-corrected chi connectivity index (χ0v) is 15.7. The van der Waals surface area contributed by atoms with Gasteiger partial charge in [0.05, 0.1) is 22.8 Å². The van der Waals surface area contributed by atoms with Crippen molar-refractivity contribution >= 4 is 33.0 Å². The molecule has 0 saturated carbocycles. The highest BCUT2D eigenvalue weighted by atomic mass is 35.5. The molecule has 6 nitrogen and oxygen atoms in total. The van der Waals surface area contributed by atoms with E-state index in [9.17, 15) is 13.2 Å². The Kier molecular flexibility index (Phi) is 5.78. The Balaban J connectivity index is 1.53. The predicted octanol–water partition coefficient (Wildman–Crippen LogP) is 2.31. The molecule has 1 aliphatic rings. The monoisotopic (exact) mass is 393 g/mol. The van der Waals surface area contributed by atoms with Gasteiger partial charge in [0.2, 0.25) is 0 Å². The molecule has 2 aromatic rings. The lowest BCUT2D eigenvalue weighted by Gasteiger charge is -2.13. The van der Waals surface area contributed by atoms with Crippen LogP contribution in [-0.4, -0.2) is 43.4 Å². The Labute approximate surface area is 157 Å². The van der Waals surface area contributed by atoms with E-state index in [1.807, 2.05) is 24.3 Å². The van der Waals surface area contributed by atoms with Gasteiger partial charge in [0.15, 0.2) is 9.84 Å². The third-order valence-electron chi connectivity index (χ3n) is 4.22. The highest BCUT2D eigenvalue weighted by Gasteiger charge is 2.27. The minimum atomic E-state index is -2.95. The second-order valence-electron chi connectivity index (χ2n) is 6.34. The molecular weight excluding hydrogens is 374 g/mol. The van der Waals surface area contributed by atoms with Crippen LogP contribution in [0.25, 0.3) is 0 Å². The molecule has 0 aliphatic carbocycles. The van der Waals surface area contributed by atoms with Crippen molar-refractivity contribution < 1.29 is 13.2 Å². The number of sulfone groups is 1. The molecule has 1 fully saturated rings. The van der Waals surface area contributed by atoms with Gasteiger partial charge in [-0.25, -0.2) is 8.42 Å². The van der Waals surface area contributed by atoms with Crippen LogP contribution < -0.4 is 10.6 Å². The molecule has 0 bridgehead atoms. The van der Waals surface area contributed by atoms with Crippen molar-refractivity contribution in [2.45, 2.75) is 18.9 Å². The number of pyridine rings is 1. The van der Waals surface area contributed by atoms with Crippen molar-refractivity contribution in [3.63, 3.8) is 0 Å². The molecule has 1 unspecified atom stereocenters. The molecule has 2 heterocycles. The van der Waals surface area contributed by atoms with Crippen molar-refractivity contribution in [3.8, 4) is 0 Å². The quantitative estimate of drug-likeness (QED) is 0.786. The van der Waals surface area contributed by atoms with Gasteiger partial charge in [0, 0.05) is 30.0 Å². The Morgan fingerprint density at radius 3 is 2.69 bits per heavy atom. The second-order valence-corrected chi connectivity index (χ2v) is 9.00. The Hall–Kier alpha value is -2.12. The number of nitrogens with zero attached hydrogens (tertiary/aromatic N) is 1. The number of rotatable bonds is 6. The molecule has 8 heteroatoms. The highest BCUT2D eigenvalue weighted by molar-refractivity contribution is 7.91. The maximum absolute atomic E-state index is 12.3. The molecule has 1 aromatic carbocycles. The minimum absolute atomic E-state index is 0.116. The van der Waals surface area contributed by atoms with Gasteiger partial charge in [-0.05, 0) is 36.6 Å². The van der Waals surface area contributed by atoms with Gasteiger partial charge in [0.1, 0.15) is 0 Å². The molecule has 138 valence electrons. The van der Waals surface area contributed by atoms with Crippen molar-refractivity contribution in [3.05, 3.63) is 58.9 Å². The minimum Gasteiger partial charge on any atom is -0.380 e. The van der Waals surface area contributed by atoms with Crippen LogP contribution >= 0.6 is 11.6 Å². The van der Waals surface area contributed by atoms with Crippen LogP contribution in [0.3, 0.4) is 0 Å². The number of amides is 1. The zero-order valence-electron chi connectivity index (χ0n) is 14.1. The van der Waals surface area contributed by atoms with Crippen molar-refractivity contribution in [2.24, 2.45) is 0 Å². The van der Waals surface area contributed by atoms with E-state index in [1.54, 1.807) is 12.3 Å². The third-order valence-corrected chi connectivity index (χ3v) is 6.24. The molecule has 0 spiro atoms. The topological polar surface area (TPSA) is 88.2 Å². The van der Waals surface area contributed by atoms with Crippen LogP contribution in [0.5, 0.6) is 0 Å². The predicted molar refractivity (Wildman–Crippen MR) is 102 cm³/mol. The third kappa shape index (κ3) is 5.19. The summed E-state index contributed by atoms with van der Waals surface area (Å²) < 4.78 is 23.1. The molecular formula is C18H20ClN3O3S. The largest absolute Gasteiger partial charge is 0.380 e. The van der Waals surface area contributed by atoms with Crippen molar-refractivity contribution in [1.29, 1.82) is 0 Å². The van der Waals surface area contributed by atoms with E-state index in [0.29, 0.717) is 35.7 Å². The number of hydrogen-bond acceptors (Lipinski definition) is 5. The fraction of sp³-hybridized carbons (Fsp3) is 0.333. The summed E-state index contributed by atoms with van der Waals surface area (Å²) in [5, 5.41) is 6.69. The average Bonchev–Trinajstić information content (AvgIpc) is 2.95. The normalized spacial score (nSPS) is 18.4. The summed E-state index contributed by atoms with van der Waals surface area (Å²) in [6.45, 7) is 0.499. The molecule has 3 rings (SSSR count). The maximum Gasteiger partial charge on any atom is 0.252 e. The number of benzene rings is 1. The van der Waals surface area contributed by atoms with Gasteiger partial charge in [-0.15, -0.1) is 0 Å². The fourth-order valence-corrected chi connectivity index (χ4v) is 4.66. The maximum atomic E-state index is 12.3. The summed E-state index contributed by atoms with van der Waals surface area (Å²) in [5.74, 6) is 0.0992. The molecule has 1 saturated heterocycles. The lowest BCUT2D eigenvalue weighted by molar-refractivity contribution is 0.0954. The lowest BCUT2D eigenvalue weighted by Crippen LogP contribution is -2.26. The van der Waals surface area contributed by atoms with E-state index < -0.39 is 9.84 Å². The Morgan fingerprint density at radius 1 is 1.23 bits per heavy atom. The van der Waals surface area contributed by atoms with E-state index in [4.69, 9.17) is 11.6 Å². The van der Waals surface area contributed by atoms with E-state index in [1.165, 1.54) is 6.20 Å². The van der Waals surface area contributed by atoms with Crippen LogP contribution in [-0.2, 0) is 16.3 Å². The summed E-state index contributed by atoms with van der Waals surface area (Å²) in [7, 11) is -2.95. The van der Waals surface area contributed by atoms with Crippen LogP contribution in [0.1, 0.15) is 22.3 Å². The van der Waals surface area contributed by atoms with Gasteiger partial charge < -0.3 is 10.6 Å². The summed E-state index contributed by atoms with van der Waals surface area (Å²) in [6, 6.07) is 9.05. The van der Waals surface area contributed by atoms with E-state index in [2.05, 4.69) is 15.6 Å². The first kappa shape index (κ1) is 18.7. The van der Waals surface area contributed by atoms with E-state index in [-0.39, 0.29) is 23.5 Å². The summed E-state index contributed by atoms with van der Waals surface area (Å²) in [5.41, 5.74) is 2.18. The van der Waals surface area contributed by atoms with Crippen LogP contribution in [0.15, 0.2) is 42.7 Å². The van der Waals surface area contributed by atoms with E-state index in [0.717, 1.165) is 5.56 Å². The number of anilines is 1. The number of carbonyl (C=O) groups excluding carboxylic acids is 1. The number of nitrogens with one attached hydrogen (secondary N) is 2. The number of aromatic nitrogens is 1. The first-order valence-electron chi connectivity index (χ1n) is 8.36. The number of halogens is 1.